The predicted molar refractivity (Wildman–Crippen MR) is 68.7 cm³/mol. The van der Waals surface area contributed by atoms with Gasteiger partial charge in [-0.2, -0.15) is 0 Å². The molecule has 1 aromatic heterocycles. The van der Waals surface area contributed by atoms with Crippen molar-refractivity contribution in [3.05, 3.63) is 20.8 Å². The average Bonchev–Trinajstić information content (AvgIpc) is 2.72. The molecule has 2 N–H and O–H groups in total. The first kappa shape index (κ1) is 12.8. The summed E-state index contributed by atoms with van der Waals surface area (Å²) in [5.74, 6) is 0.748. The second kappa shape index (κ2) is 4.56. The van der Waals surface area contributed by atoms with E-state index in [1.54, 1.807) is 7.05 Å². The highest BCUT2D eigenvalue weighted by Crippen LogP contribution is 2.25. The molecule has 18 heavy (non-hydrogen) atoms. The van der Waals surface area contributed by atoms with Crippen LogP contribution < -0.4 is 21.9 Å². The van der Waals surface area contributed by atoms with Crippen molar-refractivity contribution in [2.45, 2.75) is 19.4 Å². The van der Waals surface area contributed by atoms with Crippen molar-refractivity contribution in [3.8, 4) is 0 Å². The lowest BCUT2D eigenvalue weighted by molar-refractivity contribution is 0.508. The van der Waals surface area contributed by atoms with Crippen LogP contribution in [-0.2, 0) is 14.1 Å². The molecule has 2 rings (SSSR count). The van der Waals surface area contributed by atoms with Gasteiger partial charge in [0.2, 0.25) is 5.82 Å². The van der Waals surface area contributed by atoms with E-state index in [9.17, 15) is 9.59 Å². The minimum absolute atomic E-state index is 0.114. The van der Waals surface area contributed by atoms with Gasteiger partial charge in [-0.3, -0.25) is 9.36 Å². The smallest absolute Gasteiger partial charge is 0.346 e. The normalized spacial score (nSPS) is 23.7. The van der Waals surface area contributed by atoms with Crippen molar-refractivity contribution in [2.24, 2.45) is 25.7 Å². The van der Waals surface area contributed by atoms with Gasteiger partial charge in [-0.05, 0) is 12.3 Å². The molecule has 1 aliphatic rings. The van der Waals surface area contributed by atoms with Crippen LogP contribution in [0.25, 0.3) is 0 Å². The van der Waals surface area contributed by atoms with E-state index in [-0.39, 0.29) is 11.6 Å². The summed E-state index contributed by atoms with van der Waals surface area (Å²) in [6.07, 6.45) is 0.982. The second-order valence-electron chi connectivity index (χ2n) is 4.86. The lowest BCUT2D eigenvalue weighted by Gasteiger charge is -2.26. The Hall–Kier alpha value is -1.63. The molecular weight excluding hydrogens is 234 g/mol. The topological polar surface area (TPSA) is 86.2 Å². The third kappa shape index (κ3) is 1.84. The number of nitrogens with zero attached hydrogens (tertiary/aromatic N) is 4. The van der Waals surface area contributed by atoms with Gasteiger partial charge in [-0.15, -0.1) is 5.10 Å². The molecule has 1 aliphatic heterocycles. The van der Waals surface area contributed by atoms with E-state index in [4.69, 9.17) is 5.73 Å². The molecule has 1 aromatic rings. The van der Waals surface area contributed by atoms with Crippen molar-refractivity contribution >= 4 is 5.82 Å². The zero-order chi connectivity index (χ0) is 13.4. The van der Waals surface area contributed by atoms with E-state index in [2.05, 4.69) is 12.0 Å². The van der Waals surface area contributed by atoms with Crippen molar-refractivity contribution in [1.82, 2.24) is 14.3 Å². The van der Waals surface area contributed by atoms with Crippen LogP contribution in [0.15, 0.2) is 9.59 Å². The number of aryl methyl sites for hydroxylation is 1. The quantitative estimate of drug-likeness (QED) is 0.704. The van der Waals surface area contributed by atoms with Gasteiger partial charge in [0.15, 0.2) is 0 Å². The van der Waals surface area contributed by atoms with Gasteiger partial charge >= 0.3 is 5.69 Å². The molecule has 2 heterocycles. The summed E-state index contributed by atoms with van der Waals surface area (Å²) in [6, 6.07) is 0.114. The van der Waals surface area contributed by atoms with Crippen LogP contribution in [0.5, 0.6) is 0 Å². The Balaban J connectivity index is 2.53. The first-order valence-corrected chi connectivity index (χ1v) is 6.08. The molecule has 1 fully saturated rings. The molecule has 7 heteroatoms. The molecule has 0 amide bonds. The summed E-state index contributed by atoms with van der Waals surface area (Å²) in [7, 11) is 3.01. The molecule has 0 bridgehead atoms. The van der Waals surface area contributed by atoms with Crippen LogP contribution in [0.4, 0.5) is 5.82 Å². The van der Waals surface area contributed by atoms with Crippen LogP contribution in [-0.4, -0.2) is 33.5 Å². The van der Waals surface area contributed by atoms with Crippen molar-refractivity contribution in [3.63, 3.8) is 0 Å². The Labute approximate surface area is 105 Å². The fourth-order valence-corrected chi connectivity index (χ4v) is 2.49. The molecule has 0 spiro atoms. The SMILES string of the molecule is CC1CCN(c2nn(C)c(=O)n(C)c2=O)C1CN. The number of hydrogen-bond donors (Lipinski definition) is 1. The van der Waals surface area contributed by atoms with Gasteiger partial charge < -0.3 is 10.6 Å². The highest BCUT2D eigenvalue weighted by atomic mass is 16.2. The summed E-state index contributed by atoms with van der Waals surface area (Å²) in [5, 5.41) is 4.09. The number of rotatable bonds is 2. The summed E-state index contributed by atoms with van der Waals surface area (Å²) in [5.41, 5.74) is 4.99. The molecule has 2 unspecified atom stereocenters. The minimum atomic E-state index is -0.416. The van der Waals surface area contributed by atoms with Crippen LogP contribution in [0, 0.1) is 5.92 Å². The molecule has 2 atom stereocenters. The lowest BCUT2D eigenvalue weighted by Crippen LogP contribution is -2.47. The monoisotopic (exact) mass is 253 g/mol. The fourth-order valence-electron chi connectivity index (χ4n) is 2.49. The number of hydrogen-bond acceptors (Lipinski definition) is 5. The first-order chi connectivity index (χ1) is 8.47. The third-order valence-electron chi connectivity index (χ3n) is 3.70. The Bertz CT molecular complexity index is 562. The molecule has 0 radical (unpaired) electrons. The first-order valence-electron chi connectivity index (χ1n) is 6.08. The van der Waals surface area contributed by atoms with E-state index >= 15 is 0 Å². The largest absolute Gasteiger partial charge is 0.346 e. The third-order valence-corrected chi connectivity index (χ3v) is 3.70. The van der Waals surface area contributed by atoms with Gasteiger partial charge in [0.05, 0.1) is 0 Å². The molecule has 0 aliphatic carbocycles. The Morgan fingerprint density at radius 3 is 2.67 bits per heavy atom. The van der Waals surface area contributed by atoms with Gasteiger partial charge in [0.1, 0.15) is 0 Å². The molecule has 7 nitrogen and oxygen atoms in total. The number of anilines is 1. The Morgan fingerprint density at radius 1 is 1.39 bits per heavy atom. The van der Waals surface area contributed by atoms with Crippen LogP contribution in [0.2, 0.25) is 0 Å². The second-order valence-corrected chi connectivity index (χ2v) is 4.86. The van der Waals surface area contributed by atoms with E-state index in [0.29, 0.717) is 18.3 Å². The number of nitrogens with two attached hydrogens (primary N) is 1. The summed E-state index contributed by atoms with van der Waals surface area (Å²) >= 11 is 0. The van der Waals surface area contributed by atoms with Gasteiger partial charge in [-0.25, -0.2) is 9.48 Å². The van der Waals surface area contributed by atoms with Crippen LogP contribution in [0.1, 0.15) is 13.3 Å². The summed E-state index contributed by atoms with van der Waals surface area (Å²) < 4.78 is 2.27. The molecule has 0 aromatic carbocycles. The van der Waals surface area contributed by atoms with Crippen molar-refractivity contribution in [2.75, 3.05) is 18.0 Å². The molecular formula is C11H19N5O2. The van der Waals surface area contributed by atoms with E-state index < -0.39 is 5.69 Å². The zero-order valence-electron chi connectivity index (χ0n) is 11.0. The number of aromatic nitrogens is 3. The van der Waals surface area contributed by atoms with Crippen LogP contribution >= 0.6 is 0 Å². The highest BCUT2D eigenvalue weighted by Gasteiger charge is 2.33. The minimum Gasteiger partial charge on any atom is -0.346 e. The summed E-state index contributed by atoms with van der Waals surface area (Å²) in [6.45, 7) is 3.35. The molecule has 1 saturated heterocycles. The molecule has 100 valence electrons. The van der Waals surface area contributed by atoms with E-state index in [1.807, 2.05) is 4.90 Å². The lowest BCUT2D eigenvalue weighted by atomic mass is 10.0. The van der Waals surface area contributed by atoms with E-state index in [0.717, 1.165) is 17.5 Å². The maximum absolute atomic E-state index is 12.1. The van der Waals surface area contributed by atoms with E-state index in [1.165, 1.54) is 11.7 Å². The Kier molecular flexibility index (Phi) is 3.25. The standard InChI is InChI=1S/C11H19N5O2/c1-7-4-5-16(8(7)6-12)9-10(17)14(2)11(18)15(3)13-9/h7-8H,4-6,12H2,1-3H3. The van der Waals surface area contributed by atoms with Crippen molar-refractivity contribution in [1.29, 1.82) is 0 Å². The van der Waals surface area contributed by atoms with Gasteiger partial charge in [0.25, 0.3) is 5.56 Å². The maximum atomic E-state index is 12.1. The van der Waals surface area contributed by atoms with Crippen LogP contribution in [0.3, 0.4) is 0 Å². The summed E-state index contributed by atoms with van der Waals surface area (Å²) in [4.78, 5) is 25.6. The zero-order valence-corrected chi connectivity index (χ0v) is 11.0. The molecule has 0 saturated carbocycles. The average molecular weight is 253 g/mol. The fraction of sp³-hybridized carbons (Fsp3) is 0.727. The van der Waals surface area contributed by atoms with Gasteiger partial charge in [-0.1, -0.05) is 6.92 Å². The van der Waals surface area contributed by atoms with Gasteiger partial charge in [0, 0.05) is 33.2 Å². The Morgan fingerprint density at radius 2 is 2.06 bits per heavy atom. The highest BCUT2D eigenvalue weighted by molar-refractivity contribution is 5.38. The maximum Gasteiger partial charge on any atom is 0.346 e. The van der Waals surface area contributed by atoms with Crippen molar-refractivity contribution < 1.29 is 0 Å². The predicted octanol–water partition coefficient (Wildman–Crippen LogP) is -1.35.